The molecule has 29 heavy (non-hydrogen) atoms. The summed E-state index contributed by atoms with van der Waals surface area (Å²) in [5.74, 6) is -1.93. The fraction of sp³-hybridized carbons (Fsp3) is 0.368. The summed E-state index contributed by atoms with van der Waals surface area (Å²) in [6.45, 7) is -0.298. The van der Waals surface area contributed by atoms with Gasteiger partial charge >= 0.3 is 5.97 Å². The molecule has 1 aromatic carbocycles. The standard InChI is InChI=1S/C19H21FN2O5S2/c1-27-19(24)16-11-6-3-4-8-13(11)28-18(16)22-15(23)10-21-12-7-5-9-14(17(12)20)29(2,25)26/h5,7,9,21H,3-4,6,8,10H2,1-2H3,(H,22,23). The zero-order chi connectivity index (χ0) is 21.2. The van der Waals surface area contributed by atoms with E-state index in [4.69, 9.17) is 4.74 Å². The Hall–Kier alpha value is -2.46. The van der Waals surface area contributed by atoms with Crippen molar-refractivity contribution in [1.29, 1.82) is 0 Å². The maximum atomic E-state index is 14.4. The molecule has 10 heteroatoms. The highest BCUT2D eigenvalue weighted by Gasteiger charge is 2.27. The number of carbonyl (C=O) groups is 2. The SMILES string of the molecule is COC(=O)c1c(NC(=O)CNc2cccc(S(C)(=O)=O)c2F)sc2c1CCCC2. The molecule has 0 saturated carbocycles. The lowest BCUT2D eigenvalue weighted by atomic mass is 9.95. The number of amides is 1. The topological polar surface area (TPSA) is 102 Å². The van der Waals surface area contributed by atoms with Gasteiger partial charge < -0.3 is 15.4 Å². The van der Waals surface area contributed by atoms with Crippen molar-refractivity contribution in [2.24, 2.45) is 0 Å². The molecule has 0 aliphatic heterocycles. The van der Waals surface area contributed by atoms with E-state index < -0.39 is 32.4 Å². The number of esters is 1. The Labute approximate surface area is 172 Å². The molecular formula is C19H21FN2O5S2. The Balaban J connectivity index is 1.76. The van der Waals surface area contributed by atoms with Crippen molar-refractivity contribution in [3.8, 4) is 0 Å². The number of benzene rings is 1. The van der Waals surface area contributed by atoms with E-state index in [9.17, 15) is 22.4 Å². The Bertz CT molecular complexity index is 1060. The molecule has 0 unspecified atom stereocenters. The molecule has 7 nitrogen and oxygen atoms in total. The summed E-state index contributed by atoms with van der Waals surface area (Å²) in [4.78, 5) is 25.2. The molecule has 1 aliphatic rings. The maximum absolute atomic E-state index is 14.4. The third-order valence-corrected chi connectivity index (χ3v) is 6.94. The second-order valence-corrected chi connectivity index (χ2v) is 9.79. The van der Waals surface area contributed by atoms with Gasteiger partial charge in [0.25, 0.3) is 0 Å². The van der Waals surface area contributed by atoms with Gasteiger partial charge in [-0.25, -0.2) is 17.6 Å². The van der Waals surface area contributed by atoms with Crippen molar-refractivity contribution in [3.63, 3.8) is 0 Å². The van der Waals surface area contributed by atoms with Crippen LogP contribution in [0.15, 0.2) is 23.1 Å². The highest BCUT2D eigenvalue weighted by Crippen LogP contribution is 2.38. The molecule has 2 aromatic rings. The summed E-state index contributed by atoms with van der Waals surface area (Å²) >= 11 is 1.35. The summed E-state index contributed by atoms with van der Waals surface area (Å²) in [5, 5.41) is 5.72. The van der Waals surface area contributed by atoms with Crippen LogP contribution in [0.4, 0.5) is 15.1 Å². The molecule has 1 heterocycles. The Kier molecular flexibility index (Phi) is 6.23. The number of sulfone groups is 1. The highest BCUT2D eigenvalue weighted by molar-refractivity contribution is 7.90. The smallest absolute Gasteiger partial charge is 0.341 e. The number of ether oxygens (including phenoxy) is 1. The van der Waals surface area contributed by atoms with Gasteiger partial charge in [-0.15, -0.1) is 11.3 Å². The first-order chi connectivity index (χ1) is 13.7. The summed E-state index contributed by atoms with van der Waals surface area (Å²) < 4.78 is 42.5. The van der Waals surface area contributed by atoms with Crippen LogP contribution in [0.3, 0.4) is 0 Å². The number of aryl methyl sites for hydroxylation is 1. The number of carbonyl (C=O) groups excluding carboxylic acids is 2. The van der Waals surface area contributed by atoms with E-state index in [1.54, 1.807) is 0 Å². The first-order valence-corrected chi connectivity index (χ1v) is 11.7. The first kappa shape index (κ1) is 21.3. The van der Waals surface area contributed by atoms with Crippen LogP contribution < -0.4 is 10.6 Å². The number of anilines is 2. The molecule has 3 rings (SSSR count). The number of thiophene rings is 1. The summed E-state index contributed by atoms with van der Waals surface area (Å²) in [7, 11) is -2.44. The lowest BCUT2D eigenvalue weighted by molar-refractivity contribution is -0.114. The number of rotatable bonds is 6. The van der Waals surface area contributed by atoms with Crippen LogP contribution in [0.2, 0.25) is 0 Å². The van der Waals surface area contributed by atoms with Gasteiger partial charge in [0, 0.05) is 11.1 Å². The van der Waals surface area contributed by atoms with Gasteiger partial charge in [0.05, 0.1) is 24.9 Å². The molecule has 156 valence electrons. The van der Waals surface area contributed by atoms with Gasteiger partial charge in [-0.3, -0.25) is 4.79 Å². The second kappa shape index (κ2) is 8.50. The molecule has 0 fully saturated rings. The molecule has 1 aromatic heterocycles. The molecule has 0 bridgehead atoms. The van der Waals surface area contributed by atoms with Gasteiger partial charge in [-0.1, -0.05) is 6.07 Å². The minimum Gasteiger partial charge on any atom is -0.465 e. The van der Waals surface area contributed by atoms with Gasteiger partial charge in [-0.2, -0.15) is 0 Å². The van der Waals surface area contributed by atoms with Gasteiger partial charge in [0.2, 0.25) is 5.91 Å². The minimum atomic E-state index is -3.73. The van der Waals surface area contributed by atoms with E-state index in [2.05, 4.69) is 10.6 Å². The average molecular weight is 441 g/mol. The first-order valence-electron chi connectivity index (χ1n) is 8.97. The molecule has 2 N–H and O–H groups in total. The summed E-state index contributed by atoms with van der Waals surface area (Å²) in [6, 6.07) is 3.90. The number of methoxy groups -OCH3 is 1. The predicted octanol–water partition coefficient (Wildman–Crippen LogP) is 3.01. The average Bonchev–Trinajstić information content (AvgIpc) is 3.03. The number of halogens is 1. The van der Waals surface area contributed by atoms with E-state index in [-0.39, 0.29) is 12.2 Å². The van der Waals surface area contributed by atoms with Crippen molar-refractivity contribution in [3.05, 3.63) is 40.0 Å². The summed E-state index contributed by atoms with van der Waals surface area (Å²) in [5.41, 5.74) is 1.20. The van der Waals surface area contributed by atoms with Crippen LogP contribution in [0.5, 0.6) is 0 Å². The Morgan fingerprint density at radius 3 is 2.66 bits per heavy atom. The Morgan fingerprint density at radius 2 is 1.97 bits per heavy atom. The normalized spacial score (nSPS) is 13.5. The van der Waals surface area contributed by atoms with E-state index in [0.29, 0.717) is 10.6 Å². The fourth-order valence-corrected chi connectivity index (χ4v) is 5.31. The maximum Gasteiger partial charge on any atom is 0.341 e. The largest absolute Gasteiger partial charge is 0.465 e. The molecule has 0 spiro atoms. The van der Waals surface area contributed by atoms with E-state index in [1.807, 2.05) is 0 Å². The zero-order valence-corrected chi connectivity index (χ0v) is 17.6. The van der Waals surface area contributed by atoms with Gasteiger partial charge in [-0.05, 0) is 43.4 Å². The van der Waals surface area contributed by atoms with Crippen LogP contribution >= 0.6 is 11.3 Å². The lowest BCUT2D eigenvalue weighted by Crippen LogP contribution is -2.23. The van der Waals surface area contributed by atoms with Crippen LogP contribution in [0.1, 0.15) is 33.6 Å². The van der Waals surface area contributed by atoms with Crippen LogP contribution in [-0.4, -0.2) is 40.2 Å². The van der Waals surface area contributed by atoms with Crippen molar-refractivity contribution in [1.82, 2.24) is 0 Å². The van der Waals surface area contributed by atoms with Gasteiger partial charge in [0.15, 0.2) is 15.7 Å². The van der Waals surface area contributed by atoms with Crippen molar-refractivity contribution < 1.29 is 27.1 Å². The van der Waals surface area contributed by atoms with E-state index in [0.717, 1.165) is 48.4 Å². The molecule has 0 atom stereocenters. The van der Waals surface area contributed by atoms with E-state index in [1.165, 1.54) is 30.6 Å². The van der Waals surface area contributed by atoms with E-state index >= 15 is 0 Å². The van der Waals surface area contributed by atoms with Gasteiger partial charge in [0.1, 0.15) is 9.90 Å². The quantitative estimate of drug-likeness (QED) is 0.670. The third kappa shape index (κ3) is 4.59. The second-order valence-electron chi connectivity index (χ2n) is 6.70. The molecular weight excluding hydrogens is 419 g/mol. The van der Waals surface area contributed by atoms with Crippen LogP contribution in [0.25, 0.3) is 0 Å². The number of hydrogen-bond acceptors (Lipinski definition) is 7. The van der Waals surface area contributed by atoms with Crippen molar-refractivity contribution in [2.75, 3.05) is 30.5 Å². The Morgan fingerprint density at radius 1 is 1.24 bits per heavy atom. The zero-order valence-electron chi connectivity index (χ0n) is 16.0. The molecule has 0 radical (unpaired) electrons. The third-order valence-electron chi connectivity index (χ3n) is 4.62. The number of hydrogen-bond donors (Lipinski definition) is 2. The highest BCUT2D eigenvalue weighted by atomic mass is 32.2. The number of fused-ring (bicyclic) bond motifs is 1. The molecule has 0 saturated heterocycles. The fourth-order valence-electron chi connectivity index (χ4n) is 3.25. The molecule has 1 aliphatic carbocycles. The monoisotopic (exact) mass is 440 g/mol. The number of nitrogens with one attached hydrogen (secondary N) is 2. The van der Waals surface area contributed by atoms with Crippen LogP contribution in [0, 0.1) is 5.82 Å². The van der Waals surface area contributed by atoms with Crippen molar-refractivity contribution in [2.45, 2.75) is 30.6 Å². The minimum absolute atomic E-state index is 0.0956. The lowest BCUT2D eigenvalue weighted by Gasteiger charge is -2.12. The predicted molar refractivity (Wildman–Crippen MR) is 109 cm³/mol. The van der Waals surface area contributed by atoms with Crippen molar-refractivity contribution >= 4 is 43.7 Å². The van der Waals surface area contributed by atoms with Crippen LogP contribution in [-0.2, 0) is 32.2 Å². The molecule has 1 amide bonds. The summed E-state index contributed by atoms with van der Waals surface area (Å²) in [6.07, 6.45) is 4.52.